The third-order valence-electron chi connectivity index (χ3n) is 10.3. The van der Waals surface area contributed by atoms with Crippen LogP contribution in [0.15, 0.2) is 30.6 Å². The second-order valence-corrected chi connectivity index (χ2v) is 29.7. The van der Waals surface area contributed by atoms with E-state index in [1.165, 1.54) is 0 Å². The fourth-order valence-corrected chi connectivity index (χ4v) is 8.63. The molecule has 280 valence electrons. The van der Waals surface area contributed by atoms with Crippen LogP contribution in [-0.4, -0.2) is 96.2 Å². The number of fused-ring (bicyclic) bond motifs is 3. The Labute approximate surface area is 306 Å². The van der Waals surface area contributed by atoms with Crippen LogP contribution in [0, 0.1) is 0 Å². The minimum Gasteiger partial charge on any atom is -0.444 e. The summed E-state index contributed by atoms with van der Waals surface area (Å²) >= 11 is 0. The van der Waals surface area contributed by atoms with E-state index in [9.17, 15) is 9.90 Å². The zero-order valence-electron chi connectivity index (χ0n) is 32.4. The highest BCUT2D eigenvalue weighted by Crippen LogP contribution is 2.46. The molecule has 3 fully saturated rings. The Morgan fingerprint density at radius 2 is 1.57 bits per heavy atom. The highest BCUT2D eigenvalue weighted by molar-refractivity contribution is 6.76. The Hall–Kier alpha value is -2.85. The Kier molecular flexibility index (Phi) is 10.8. The number of piperidine rings is 1. The van der Waals surface area contributed by atoms with Crippen LogP contribution in [0.2, 0.25) is 51.4 Å². The number of carbonyl (C=O) groups is 1. The van der Waals surface area contributed by atoms with Gasteiger partial charge in [0.15, 0.2) is 5.65 Å². The Morgan fingerprint density at radius 3 is 2.08 bits per heavy atom. The van der Waals surface area contributed by atoms with E-state index >= 15 is 0 Å². The molecule has 0 radical (unpaired) electrons. The molecule has 5 heterocycles. The molecule has 0 spiro atoms. The molecule has 3 aliphatic rings. The molecule has 6 rings (SSSR count). The molecular formula is C38H60N6O5Si2. The summed E-state index contributed by atoms with van der Waals surface area (Å²) in [6.07, 6.45) is 8.57. The number of nitrogens with zero attached hydrogens (tertiary/aromatic N) is 6. The number of hydrogen-bond acceptors (Lipinski definition) is 9. The van der Waals surface area contributed by atoms with Crippen LogP contribution >= 0.6 is 0 Å². The molecule has 1 amide bonds. The lowest BCUT2D eigenvalue weighted by Crippen LogP contribution is -2.48. The van der Waals surface area contributed by atoms with Gasteiger partial charge in [0.05, 0.1) is 11.9 Å². The third-order valence-corrected chi connectivity index (χ3v) is 13.7. The van der Waals surface area contributed by atoms with Gasteiger partial charge in [-0.3, -0.25) is 4.98 Å². The topological polar surface area (TPSA) is 115 Å². The van der Waals surface area contributed by atoms with Crippen molar-refractivity contribution in [3.8, 4) is 11.1 Å². The molecule has 51 heavy (non-hydrogen) atoms. The van der Waals surface area contributed by atoms with Crippen LogP contribution in [0.5, 0.6) is 0 Å². The van der Waals surface area contributed by atoms with Gasteiger partial charge in [0.2, 0.25) is 0 Å². The monoisotopic (exact) mass is 736 g/mol. The molecule has 13 heteroatoms. The second kappa shape index (κ2) is 14.5. The molecule has 2 bridgehead atoms. The minimum absolute atomic E-state index is 0.116. The molecule has 11 nitrogen and oxygen atoms in total. The van der Waals surface area contributed by atoms with Crippen molar-refractivity contribution in [1.29, 1.82) is 0 Å². The van der Waals surface area contributed by atoms with Crippen molar-refractivity contribution >= 4 is 33.7 Å². The summed E-state index contributed by atoms with van der Waals surface area (Å²) in [4.78, 5) is 27.4. The summed E-state index contributed by atoms with van der Waals surface area (Å²) in [5.41, 5.74) is 2.91. The van der Waals surface area contributed by atoms with Crippen LogP contribution in [-0.2, 0) is 19.8 Å². The second-order valence-electron chi connectivity index (χ2n) is 18.5. The standard InChI is InChI=1S/C38H60N6O5Si2/c1-37(2,3)49-36(45)43-29-11-12-30(43)21-28(20-29)32-22-34(42(25-47-16-18-50(4,5)6)26-48-17-19-51(7,8)9)44-35(41-32)31(24-40-44)27-10-13-33(39-23-27)38(46)14-15-38/h10,13,22-24,28-30,46H,11-12,14-21,25-26H2,1-9H3/t28?,29-,30+. The predicted octanol–water partition coefficient (Wildman–Crippen LogP) is 7.85. The van der Waals surface area contributed by atoms with E-state index in [1.54, 1.807) is 0 Å². The third kappa shape index (κ3) is 9.40. The summed E-state index contributed by atoms with van der Waals surface area (Å²) < 4.78 is 20.5. The lowest BCUT2D eigenvalue weighted by atomic mass is 9.88. The smallest absolute Gasteiger partial charge is 0.410 e. The number of pyridine rings is 1. The van der Waals surface area contributed by atoms with E-state index in [2.05, 4.69) is 55.2 Å². The van der Waals surface area contributed by atoms with Crippen molar-refractivity contribution in [2.75, 3.05) is 31.6 Å². The number of rotatable bonds is 14. The number of ether oxygens (including phenoxy) is 3. The predicted molar refractivity (Wildman–Crippen MR) is 207 cm³/mol. The maximum Gasteiger partial charge on any atom is 0.410 e. The van der Waals surface area contributed by atoms with Crippen molar-refractivity contribution in [1.82, 2.24) is 24.5 Å². The van der Waals surface area contributed by atoms with E-state index in [1.807, 2.05) is 54.7 Å². The van der Waals surface area contributed by atoms with Gasteiger partial charge in [-0.2, -0.15) is 9.61 Å². The number of anilines is 1. The molecule has 2 saturated heterocycles. The zero-order chi connectivity index (χ0) is 36.8. The highest BCUT2D eigenvalue weighted by atomic mass is 28.3. The molecule has 1 saturated carbocycles. The number of hydrogen-bond donors (Lipinski definition) is 1. The van der Waals surface area contributed by atoms with E-state index in [-0.39, 0.29) is 24.1 Å². The van der Waals surface area contributed by atoms with E-state index < -0.39 is 27.3 Å². The zero-order valence-corrected chi connectivity index (χ0v) is 34.4. The SMILES string of the molecule is CC(C)(C)OC(=O)N1[C@@H]2CC[C@H]1CC(c1cc(N(COCC[Si](C)(C)C)COCC[Si](C)(C)C)n3ncc(-c4ccc(C5(O)CC5)nc4)c3n1)C2. The Balaban J connectivity index is 1.35. The molecular weight excluding hydrogens is 677 g/mol. The summed E-state index contributed by atoms with van der Waals surface area (Å²) in [5, 5.41) is 15.5. The molecule has 2 aliphatic heterocycles. The van der Waals surface area contributed by atoms with Gasteiger partial charge in [-0.25, -0.2) is 9.78 Å². The van der Waals surface area contributed by atoms with Crippen molar-refractivity contribution in [2.45, 2.75) is 140 Å². The normalized spacial score (nSPS) is 21.7. The van der Waals surface area contributed by atoms with E-state index in [4.69, 9.17) is 24.3 Å². The fraction of sp³-hybridized carbons (Fsp3) is 0.684. The quantitative estimate of drug-likeness (QED) is 0.100. The molecule has 1 N–H and O–H groups in total. The Morgan fingerprint density at radius 1 is 0.961 bits per heavy atom. The molecule has 1 unspecified atom stereocenters. The van der Waals surface area contributed by atoms with Crippen molar-refractivity contribution < 1.29 is 24.1 Å². The Bertz CT molecular complexity index is 1640. The van der Waals surface area contributed by atoms with Gasteiger partial charge in [0.1, 0.15) is 30.5 Å². The van der Waals surface area contributed by atoms with Crippen LogP contribution in [0.25, 0.3) is 16.8 Å². The largest absolute Gasteiger partial charge is 0.444 e. The molecule has 3 aromatic rings. The molecule has 0 aromatic carbocycles. The van der Waals surface area contributed by atoms with Crippen molar-refractivity contribution in [2.24, 2.45) is 0 Å². The summed E-state index contributed by atoms with van der Waals surface area (Å²) in [7, 11) is -2.55. The summed E-state index contributed by atoms with van der Waals surface area (Å²) in [5.74, 6) is 1.04. The van der Waals surface area contributed by atoms with Gasteiger partial charge < -0.3 is 29.1 Å². The van der Waals surface area contributed by atoms with Crippen molar-refractivity contribution in [3.05, 3.63) is 42.0 Å². The summed E-state index contributed by atoms with van der Waals surface area (Å²) in [6.45, 7) is 22.1. The van der Waals surface area contributed by atoms with Crippen LogP contribution in [0.3, 0.4) is 0 Å². The molecule has 3 atom stereocenters. The summed E-state index contributed by atoms with van der Waals surface area (Å²) in [6, 6.07) is 8.50. The first kappa shape index (κ1) is 37.9. The first-order valence-electron chi connectivity index (χ1n) is 18.9. The van der Waals surface area contributed by atoms with Gasteiger partial charge in [-0.1, -0.05) is 45.3 Å². The van der Waals surface area contributed by atoms with Crippen molar-refractivity contribution in [3.63, 3.8) is 0 Å². The first-order valence-corrected chi connectivity index (χ1v) is 26.3. The maximum atomic E-state index is 13.3. The first-order chi connectivity index (χ1) is 23.9. The minimum atomic E-state index is -1.27. The highest BCUT2D eigenvalue weighted by Gasteiger charge is 2.46. The van der Waals surface area contributed by atoms with Gasteiger partial charge in [0.25, 0.3) is 0 Å². The number of aliphatic hydroxyl groups is 1. The van der Waals surface area contributed by atoms with E-state index in [0.29, 0.717) is 32.4 Å². The fourth-order valence-electron chi connectivity index (χ4n) is 7.11. The average Bonchev–Trinajstić information content (AvgIpc) is 3.54. The number of aromatic nitrogens is 4. The number of amides is 1. The van der Waals surface area contributed by atoms with Crippen LogP contribution in [0.4, 0.5) is 10.6 Å². The van der Waals surface area contributed by atoms with Crippen LogP contribution in [0.1, 0.15) is 76.6 Å². The van der Waals surface area contributed by atoms with Crippen LogP contribution < -0.4 is 4.90 Å². The van der Waals surface area contributed by atoms with Gasteiger partial charge in [0, 0.05) is 76.4 Å². The lowest BCUT2D eigenvalue weighted by molar-refractivity contribution is 0.00568. The van der Waals surface area contributed by atoms with Gasteiger partial charge >= 0.3 is 6.09 Å². The van der Waals surface area contributed by atoms with Gasteiger partial charge in [-0.15, -0.1) is 0 Å². The van der Waals surface area contributed by atoms with Gasteiger partial charge in [-0.05, 0) is 77.5 Å². The molecule has 3 aromatic heterocycles. The lowest BCUT2D eigenvalue weighted by Gasteiger charge is -2.39. The maximum absolute atomic E-state index is 13.3. The average molecular weight is 737 g/mol. The van der Waals surface area contributed by atoms with E-state index in [0.717, 1.165) is 78.9 Å². The number of carbonyl (C=O) groups excluding carboxylic acids is 1. The molecule has 1 aliphatic carbocycles.